The molecule has 0 amide bonds. The second-order valence-corrected chi connectivity index (χ2v) is 4.62. The first-order valence-electron chi connectivity index (χ1n) is 6.11. The van der Waals surface area contributed by atoms with Crippen LogP contribution in [0.15, 0.2) is 0 Å². The lowest BCUT2D eigenvalue weighted by Gasteiger charge is -2.12. The van der Waals surface area contributed by atoms with E-state index in [1.807, 2.05) is 0 Å². The highest BCUT2D eigenvalue weighted by Crippen LogP contribution is 2.12. The van der Waals surface area contributed by atoms with E-state index in [9.17, 15) is 0 Å². The van der Waals surface area contributed by atoms with Crippen LogP contribution in [0.3, 0.4) is 0 Å². The third kappa shape index (κ3) is 4.97. The van der Waals surface area contributed by atoms with Crippen LogP contribution in [0.4, 0.5) is 0 Å². The molecule has 2 nitrogen and oxygen atoms in total. The highest BCUT2D eigenvalue weighted by atomic mass is 16.5. The second kappa shape index (κ2) is 7.24. The molecule has 0 bridgehead atoms. The largest absolute Gasteiger partial charge is 0.381 e. The maximum atomic E-state index is 5.68. The third-order valence-corrected chi connectivity index (χ3v) is 3.02. The maximum Gasteiger partial charge on any atom is 0.0491 e. The van der Waals surface area contributed by atoms with E-state index in [1.54, 1.807) is 0 Å². The van der Waals surface area contributed by atoms with Crippen molar-refractivity contribution in [1.29, 1.82) is 0 Å². The van der Waals surface area contributed by atoms with Crippen LogP contribution in [-0.4, -0.2) is 26.3 Å². The average Bonchev–Trinajstić information content (AvgIpc) is 2.65. The molecule has 1 fully saturated rings. The Labute approximate surface area is 88.4 Å². The highest BCUT2D eigenvalue weighted by Gasteiger charge is 2.13. The van der Waals surface area contributed by atoms with Gasteiger partial charge in [0, 0.05) is 13.2 Å². The van der Waals surface area contributed by atoms with Gasteiger partial charge in [-0.1, -0.05) is 20.3 Å². The molecule has 14 heavy (non-hydrogen) atoms. The summed E-state index contributed by atoms with van der Waals surface area (Å²) in [6, 6.07) is 0. The van der Waals surface area contributed by atoms with Crippen LogP contribution in [0, 0.1) is 11.8 Å². The van der Waals surface area contributed by atoms with Crippen molar-refractivity contribution in [2.75, 3.05) is 26.3 Å². The van der Waals surface area contributed by atoms with Gasteiger partial charge in [0.2, 0.25) is 0 Å². The first-order valence-corrected chi connectivity index (χ1v) is 6.11. The fourth-order valence-corrected chi connectivity index (χ4v) is 2.07. The van der Waals surface area contributed by atoms with Crippen molar-refractivity contribution in [3.63, 3.8) is 0 Å². The van der Waals surface area contributed by atoms with Gasteiger partial charge >= 0.3 is 0 Å². The maximum absolute atomic E-state index is 5.68. The number of rotatable bonds is 7. The van der Waals surface area contributed by atoms with Gasteiger partial charge in [0.1, 0.15) is 0 Å². The van der Waals surface area contributed by atoms with Crippen molar-refractivity contribution in [3.05, 3.63) is 0 Å². The molecule has 1 aliphatic heterocycles. The molecule has 0 radical (unpaired) electrons. The molecule has 2 heteroatoms. The summed E-state index contributed by atoms with van der Waals surface area (Å²) in [6.45, 7) is 8.83. The van der Waals surface area contributed by atoms with Gasteiger partial charge in [0.25, 0.3) is 0 Å². The van der Waals surface area contributed by atoms with Gasteiger partial charge in [-0.3, -0.25) is 0 Å². The van der Waals surface area contributed by atoms with Gasteiger partial charge in [0.05, 0.1) is 0 Å². The summed E-state index contributed by atoms with van der Waals surface area (Å²) < 4.78 is 5.68. The molecule has 1 heterocycles. The molecule has 1 aliphatic rings. The standard InChI is InChI=1S/C12H25NO/c1-3-4-11(2)10-14-8-6-12-5-7-13-9-12/h11-13H,3-10H2,1-2H3. The van der Waals surface area contributed by atoms with E-state index >= 15 is 0 Å². The van der Waals surface area contributed by atoms with E-state index in [1.165, 1.54) is 38.8 Å². The van der Waals surface area contributed by atoms with Crippen molar-refractivity contribution in [1.82, 2.24) is 5.32 Å². The SMILES string of the molecule is CCCC(C)COCCC1CCNC1. The predicted molar refractivity (Wildman–Crippen MR) is 60.5 cm³/mol. The Balaban J connectivity index is 1.88. The Kier molecular flexibility index (Phi) is 6.20. The van der Waals surface area contributed by atoms with E-state index in [0.717, 1.165) is 25.0 Å². The van der Waals surface area contributed by atoms with Crippen molar-refractivity contribution in [3.8, 4) is 0 Å². The topological polar surface area (TPSA) is 21.3 Å². The van der Waals surface area contributed by atoms with Gasteiger partial charge in [0.15, 0.2) is 0 Å². The lowest BCUT2D eigenvalue weighted by atomic mass is 10.1. The molecule has 0 saturated carbocycles. The molecule has 2 atom stereocenters. The lowest BCUT2D eigenvalue weighted by molar-refractivity contribution is 0.0920. The molecule has 0 aliphatic carbocycles. The van der Waals surface area contributed by atoms with Crippen LogP contribution in [0.25, 0.3) is 0 Å². The molecule has 2 unspecified atom stereocenters. The lowest BCUT2D eigenvalue weighted by Crippen LogP contribution is -2.12. The Morgan fingerprint density at radius 2 is 2.36 bits per heavy atom. The molecule has 0 spiro atoms. The van der Waals surface area contributed by atoms with Crippen LogP contribution in [0.2, 0.25) is 0 Å². The summed E-state index contributed by atoms with van der Waals surface area (Å²) in [5.41, 5.74) is 0. The molecule has 0 aromatic carbocycles. The van der Waals surface area contributed by atoms with E-state index in [2.05, 4.69) is 19.2 Å². The van der Waals surface area contributed by atoms with Crippen molar-refractivity contribution < 1.29 is 4.74 Å². The van der Waals surface area contributed by atoms with Crippen molar-refractivity contribution >= 4 is 0 Å². The molecular weight excluding hydrogens is 174 g/mol. The molecule has 1 saturated heterocycles. The van der Waals surface area contributed by atoms with Crippen LogP contribution >= 0.6 is 0 Å². The minimum absolute atomic E-state index is 0.738. The first-order chi connectivity index (χ1) is 6.83. The van der Waals surface area contributed by atoms with Crippen LogP contribution in [0.5, 0.6) is 0 Å². The molecule has 1 N–H and O–H groups in total. The van der Waals surface area contributed by atoms with E-state index in [-0.39, 0.29) is 0 Å². The smallest absolute Gasteiger partial charge is 0.0491 e. The summed E-state index contributed by atoms with van der Waals surface area (Å²) in [4.78, 5) is 0. The minimum atomic E-state index is 0.738. The fourth-order valence-electron chi connectivity index (χ4n) is 2.07. The number of ether oxygens (including phenoxy) is 1. The van der Waals surface area contributed by atoms with E-state index < -0.39 is 0 Å². The van der Waals surface area contributed by atoms with Crippen LogP contribution in [0.1, 0.15) is 39.5 Å². The zero-order valence-electron chi connectivity index (χ0n) is 9.72. The Hall–Kier alpha value is -0.0800. The number of nitrogens with one attached hydrogen (secondary N) is 1. The van der Waals surface area contributed by atoms with Gasteiger partial charge in [-0.25, -0.2) is 0 Å². The Bertz CT molecular complexity index is 132. The third-order valence-electron chi connectivity index (χ3n) is 3.02. The van der Waals surface area contributed by atoms with Gasteiger partial charge < -0.3 is 10.1 Å². The first kappa shape index (κ1) is 12.0. The Morgan fingerprint density at radius 3 is 3.00 bits per heavy atom. The zero-order chi connectivity index (χ0) is 10.2. The van der Waals surface area contributed by atoms with Gasteiger partial charge in [-0.05, 0) is 44.2 Å². The summed E-state index contributed by atoms with van der Waals surface area (Å²) >= 11 is 0. The normalized spacial score (nSPS) is 24.0. The fraction of sp³-hybridized carbons (Fsp3) is 1.00. The van der Waals surface area contributed by atoms with Gasteiger partial charge in [-0.2, -0.15) is 0 Å². The molecule has 1 rings (SSSR count). The van der Waals surface area contributed by atoms with E-state index in [4.69, 9.17) is 4.74 Å². The summed E-state index contributed by atoms with van der Waals surface area (Å²) in [7, 11) is 0. The predicted octanol–water partition coefficient (Wildman–Crippen LogP) is 2.44. The molecule has 84 valence electrons. The molecule has 0 aromatic heterocycles. The van der Waals surface area contributed by atoms with Crippen LogP contribution in [-0.2, 0) is 4.74 Å². The number of hydrogen-bond acceptors (Lipinski definition) is 2. The minimum Gasteiger partial charge on any atom is -0.381 e. The molecular formula is C12H25NO. The van der Waals surface area contributed by atoms with Crippen molar-refractivity contribution in [2.24, 2.45) is 11.8 Å². The Morgan fingerprint density at radius 1 is 1.50 bits per heavy atom. The summed E-state index contributed by atoms with van der Waals surface area (Å²) in [6.07, 6.45) is 5.15. The quantitative estimate of drug-likeness (QED) is 0.636. The van der Waals surface area contributed by atoms with Gasteiger partial charge in [-0.15, -0.1) is 0 Å². The number of hydrogen-bond donors (Lipinski definition) is 1. The monoisotopic (exact) mass is 199 g/mol. The summed E-state index contributed by atoms with van der Waals surface area (Å²) in [5, 5.41) is 3.39. The van der Waals surface area contributed by atoms with Crippen molar-refractivity contribution in [2.45, 2.75) is 39.5 Å². The summed E-state index contributed by atoms with van der Waals surface area (Å²) in [5.74, 6) is 1.61. The highest BCUT2D eigenvalue weighted by molar-refractivity contribution is 4.70. The molecule has 0 aromatic rings. The second-order valence-electron chi connectivity index (χ2n) is 4.62. The van der Waals surface area contributed by atoms with E-state index in [0.29, 0.717) is 0 Å². The zero-order valence-corrected chi connectivity index (χ0v) is 9.72. The average molecular weight is 199 g/mol. The van der Waals surface area contributed by atoms with Crippen LogP contribution < -0.4 is 5.32 Å².